The van der Waals surface area contributed by atoms with Crippen molar-refractivity contribution in [3.05, 3.63) is 263 Å². The van der Waals surface area contributed by atoms with Crippen LogP contribution in [0.5, 0.6) is 11.5 Å². The van der Waals surface area contributed by atoms with Crippen LogP contribution < -0.4 is 0 Å². The van der Waals surface area contributed by atoms with E-state index < -0.39 is 16.8 Å². The van der Waals surface area contributed by atoms with Gasteiger partial charge in [-0.05, 0) is 41.8 Å². The summed E-state index contributed by atoms with van der Waals surface area (Å²) in [4.78, 5) is 37.6. The molecule has 1 aliphatic rings. The minimum Gasteiger partial charge on any atom is -0.508 e. The summed E-state index contributed by atoms with van der Waals surface area (Å²) < 4.78 is 6.44. The molecule has 3 N–H and O–H groups in total. The second-order valence-electron chi connectivity index (χ2n) is 16.2. The van der Waals surface area contributed by atoms with E-state index in [4.69, 9.17) is 9.84 Å². The van der Waals surface area contributed by atoms with Crippen LogP contribution in [0, 0.1) is 11.3 Å². The van der Waals surface area contributed by atoms with Crippen molar-refractivity contribution in [1.29, 1.82) is 5.26 Å². The Balaban J connectivity index is 0.000000206. The molecule has 0 aliphatic heterocycles. The SMILES string of the molecule is CCCCCCCCOC1=CC=C(C(=O)c2ccccc2)C(O)(C#N)C1(c1ccccc1)c1ccccc1.O=C(c1ccccc1)c1ccc(O)cc1O.O=C(c1ccccc1)c1ccccc1. The number of hydrogen-bond donors (Lipinski definition) is 3. The molecule has 0 heterocycles. The van der Waals surface area contributed by atoms with E-state index in [-0.39, 0.29) is 34.2 Å². The van der Waals surface area contributed by atoms with Crippen LogP contribution >= 0.6 is 0 Å². The van der Waals surface area contributed by atoms with Gasteiger partial charge in [0.2, 0.25) is 5.60 Å². The van der Waals surface area contributed by atoms with Crippen molar-refractivity contribution in [2.75, 3.05) is 6.61 Å². The molecule has 1 aliphatic carbocycles. The number of nitriles is 1. The minimum atomic E-state index is -2.23. The molecular weight excluding hydrogens is 847 g/mol. The molecule has 8 rings (SSSR count). The summed E-state index contributed by atoms with van der Waals surface area (Å²) >= 11 is 0. The molecule has 0 radical (unpaired) electrons. The average molecular weight is 902 g/mol. The second kappa shape index (κ2) is 24.4. The molecule has 0 aromatic heterocycles. The molecule has 7 aromatic carbocycles. The molecule has 8 heteroatoms. The van der Waals surface area contributed by atoms with E-state index in [1.54, 1.807) is 60.7 Å². The maximum atomic E-state index is 13.8. The van der Waals surface area contributed by atoms with Gasteiger partial charge < -0.3 is 20.1 Å². The molecule has 0 bridgehead atoms. The van der Waals surface area contributed by atoms with E-state index in [2.05, 4.69) is 13.0 Å². The number of nitrogens with zero attached hydrogens (tertiary/aromatic N) is 1. The normalized spacial score (nSPS) is 14.5. The zero-order valence-corrected chi connectivity index (χ0v) is 38.1. The molecule has 0 saturated heterocycles. The van der Waals surface area contributed by atoms with Crippen molar-refractivity contribution >= 4 is 17.3 Å². The van der Waals surface area contributed by atoms with Gasteiger partial charge in [-0.15, -0.1) is 0 Å². The van der Waals surface area contributed by atoms with Crippen LogP contribution in [0.25, 0.3) is 0 Å². The quantitative estimate of drug-likeness (QED) is 0.0494. The predicted molar refractivity (Wildman–Crippen MR) is 266 cm³/mol. The zero-order chi connectivity index (χ0) is 48.2. The topological polar surface area (TPSA) is 145 Å². The lowest BCUT2D eigenvalue weighted by molar-refractivity contribution is 0.0364. The highest BCUT2D eigenvalue weighted by molar-refractivity contribution is 6.12. The van der Waals surface area contributed by atoms with E-state index in [0.717, 1.165) is 36.5 Å². The highest BCUT2D eigenvalue weighted by atomic mass is 16.5. The highest BCUT2D eigenvalue weighted by Crippen LogP contribution is 2.53. The minimum absolute atomic E-state index is 0.0193. The number of aliphatic hydroxyl groups is 1. The molecule has 1 unspecified atom stereocenters. The van der Waals surface area contributed by atoms with Gasteiger partial charge in [0.15, 0.2) is 17.3 Å². The first-order valence-electron chi connectivity index (χ1n) is 22.8. The van der Waals surface area contributed by atoms with Crippen LogP contribution in [-0.2, 0) is 10.2 Å². The van der Waals surface area contributed by atoms with E-state index >= 15 is 0 Å². The van der Waals surface area contributed by atoms with Gasteiger partial charge in [-0.3, -0.25) is 14.4 Å². The molecule has 1 atom stereocenters. The second-order valence-corrected chi connectivity index (χ2v) is 16.2. The monoisotopic (exact) mass is 901 g/mol. The standard InChI is InChI=1S/C34H35NO3.C13H10O3.C13H10O/c1-2-3-4-5-6-16-25-38-31-24-23-30(32(36)27-17-10-7-11-18-27)33(37,26-35)34(31,28-19-12-8-13-20-28)29-21-14-9-15-22-29;14-10-6-7-11(12(15)8-10)13(16)9-4-2-1-3-5-9;14-13(11-7-3-1-4-8-11)12-9-5-2-6-10-12/h7-15,17-24,37H,2-6,16,25H2,1H3;1-8,14-15H;1-10H. The number of rotatable bonds is 16. The first-order chi connectivity index (χ1) is 33.1. The number of phenolic OH excluding ortho intramolecular Hbond substituents is 2. The summed E-state index contributed by atoms with van der Waals surface area (Å²) in [7, 11) is 0. The summed E-state index contributed by atoms with van der Waals surface area (Å²) in [6, 6.07) is 61.0. The van der Waals surface area contributed by atoms with Crippen molar-refractivity contribution in [3.8, 4) is 17.6 Å². The third kappa shape index (κ3) is 11.6. The molecule has 68 heavy (non-hydrogen) atoms. The van der Waals surface area contributed by atoms with Gasteiger partial charge in [0.25, 0.3) is 0 Å². The van der Waals surface area contributed by atoms with Crippen molar-refractivity contribution in [1.82, 2.24) is 0 Å². The Morgan fingerprint density at radius 2 is 0.926 bits per heavy atom. The van der Waals surface area contributed by atoms with Gasteiger partial charge in [0.05, 0.1) is 12.2 Å². The van der Waals surface area contributed by atoms with Crippen LogP contribution in [0.4, 0.5) is 0 Å². The van der Waals surface area contributed by atoms with Crippen molar-refractivity contribution in [2.24, 2.45) is 0 Å². The van der Waals surface area contributed by atoms with Gasteiger partial charge >= 0.3 is 0 Å². The number of phenols is 2. The van der Waals surface area contributed by atoms with Crippen molar-refractivity contribution in [2.45, 2.75) is 56.5 Å². The number of carbonyl (C=O) groups excluding carboxylic acids is 3. The molecule has 0 fully saturated rings. The number of unbranched alkanes of at least 4 members (excludes halogenated alkanes) is 5. The van der Waals surface area contributed by atoms with Gasteiger partial charge in [0, 0.05) is 33.9 Å². The highest BCUT2D eigenvalue weighted by Gasteiger charge is 2.62. The maximum absolute atomic E-state index is 13.8. The molecular formula is C60H55NO7. The lowest BCUT2D eigenvalue weighted by atomic mass is 9.57. The number of Topliss-reactive ketones (excluding diaryl/α,β-unsaturated/α-hetero) is 1. The Kier molecular flexibility index (Phi) is 17.7. The Labute approximate surface area is 398 Å². The van der Waals surface area contributed by atoms with Gasteiger partial charge in [0.1, 0.15) is 28.7 Å². The van der Waals surface area contributed by atoms with Gasteiger partial charge in [-0.1, -0.05) is 221 Å². The molecule has 342 valence electrons. The third-order valence-corrected chi connectivity index (χ3v) is 11.6. The summed E-state index contributed by atoms with van der Waals surface area (Å²) in [5, 5.41) is 41.9. The van der Waals surface area contributed by atoms with Crippen LogP contribution in [0.15, 0.2) is 224 Å². The molecule has 0 saturated carbocycles. The lowest BCUT2D eigenvalue weighted by Gasteiger charge is -2.47. The fourth-order valence-electron chi connectivity index (χ4n) is 8.18. The van der Waals surface area contributed by atoms with E-state index in [9.17, 15) is 29.9 Å². The number of allylic oxidation sites excluding steroid dienone is 2. The predicted octanol–water partition coefficient (Wildman–Crippen LogP) is 12.6. The van der Waals surface area contributed by atoms with Crippen LogP contribution in [-0.4, -0.2) is 44.9 Å². The molecule has 8 nitrogen and oxygen atoms in total. The van der Waals surface area contributed by atoms with Gasteiger partial charge in [-0.2, -0.15) is 5.26 Å². The zero-order valence-electron chi connectivity index (χ0n) is 38.1. The van der Waals surface area contributed by atoms with E-state index in [0.29, 0.717) is 34.6 Å². The van der Waals surface area contributed by atoms with Gasteiger partial charge in [-0.25, -0.2) is 0 Å². The maximum Gasteiger partial charge on any atom is 0.201 e. The van der Waals surface area contributed by atoms with Crippen molar-refractivity contribution in [3.63, 3.8) is 0 Å². The number of hydrogen-bond acceptors (Lipinski definition) is 8. The summed E-state index contributed by atoms with van der Waals surface area (Å²) in [6.45, 7) is 2.66. The molecule has 7 aromatic rings. The first kappa shape index (κ1) is 49.3. The van der Waals surface area contributed by atoms with E-state index in [1.807, 2.05) is 133 Å². The number of carbonyl (C=O) groups is 3. The Morgan fingerprint density at radius 1 is 0.515 bits per heavy atom. The fourth-order valence-corrected chi connectivity index (χ4v) is 8.18. The largest absolute Gasteiger partial charge is 0.508 e. The number of benzene rings is 7. The summed E-state index contributed by atoms with van der Waals surface area (Å²) in [5.74, 6) is -0.408. The fraction of sp³-hybridized carbons (Fsp3) is 0.167. The number of aromatic hydroxyl groups is 2. The Hall–Kier alpha value is -8.12. The van der Waals surface area contributed by atoms with E-state index in [1.165, 1.54) is 31.4 Å². The molecule has 0 amide bonds. The van der Waals surface area contributed by atoms with Crippen LogP contribution in [0.2, 0.25) is 0 Å². The summed E-state index contributed by atoms with van der Waals surface area (Å²) in [5.41, 5.74) is 0.268. The third-order valence-electron chi connectivity index (χ3n) is 11.6. The van der Waals surface area contributed by atoms with Crippen LogP contribution in [0.3, 0.4) is 0 Å². The Bertz CT molecular complexity index is 2740. The van der Waals surface area contributed by atoms with Crippen LogP contribution in [0.1, 0.15) is 98.8 Å². The van der Waals surface area contributed by atoms with Crippen molar-refractivity contribution < 1.29 is 34.4 Å². The smallest absolute Gasteiger partial charge is 0.201 e. The lowest BCUT2D eigenvalue weighted by Crippen LogP contribution is -2.57. The number of ketones is 3. The molecule has 0 spiro atoms. The Morgan fingerprint density at radius 3 is 1.37 bits per heavy atom. The summed E-state index contributed by atoms with van der Waals surface area (Å²) in [6.07, 6.45) is 10.0. The number of ether oxygens (including phenoxy) is 1. The average Bonchev–Trinajstić information content (AvgIpc) is 3.40. The first-order valence-corrected chi connectivity index (χ1v) is 22.8.